The van der Waals surface area contributed by atoms with Crippen molar-refractivity contribution in [2.75, 3.05) is 0 Å². The highest BCUT2D eigenvalue weighted by Crippen LogP contribution is 2.14. The van der Waals surface area contributed by atoms with Gasteiger partial charge in [-0.1, -0.05) is 34.5 Å². The Hall–Kier alpha value is -2.14. The van der Waals surface area contributed by atoms with E-state index in [2.05, 4.69) is 34.3 Å². The van der Waals surface area contributed by atoms with Gasteiger partial charge < -0.3 is 4.52 Å². The van der Waals surface area contributed by atoms with E-state index in [1.807, 2.05) is 16.8 Å². The summed E-state index contributed by atoms with van der Waals surface area (Å²) in [4.78, 5) is 4.29. The molecule has 0 saturated heterocycles. The molecule has 0 spiro atoms. The molecule has 0 radical (unpaired) electrons. The fourth-order valence-electron chi connectivity index (χ4n) is 1.98. The third-order valence-electron chi connectivity index (χ3n) is 3.02. The molecule has 102 valence electrons. The standard InChI is InChI=1S/C14H13ClN4O/c1-10-2-4-11(5-3-10)19-14(16-9-17-19)7-6-12-8-13(15)18-20-12/h2-5,8-9H,6-7H2,1H3. The molecule has 0 unspecified atom stereocenters. The molecule has 2 aromatic heterocycles. The first kappa shape index (κ1) is 12.9. The summed E-state index contributed by atoms with van der Waals surface area (Å²) < 4.78 is 6.92. The Morgan fingerprint density at radius 1 is 1.20 bits per heavy atom. The largest absolute Gasteiger partial charge is 0.360 e. The van der Waals surface area contributed by atoms with Crippen LogP contribution in [0.4, 0.5) is 0 Å². The van der Waals surface area contributed by atoms with E-state index in [1.165, 1.54) is 5.56 Å². The van der Waals surface area contributed by atoms with Crippen molar-refractivity contribution in [1.29, 1.82) is 0 Å². The average molecular weight is 289 g/mol. The molecule has 0 amide bonds. The monoisotopic (exact) mass is 288 g/mol. The number of benzene rings is 1. The minimum absolute atomic E-state index is 0.375. The van der Waals surface area contributed by atoms with Gasteiger partial charge in [0.05, 0.1) is 5.69 Å². The summed E-state index contributed by atoms with van der Waals surface area (Å²) in [5.74, 6) is 1.62. The molecule has 0 atom stereocenters. The van der Waals surface area contributed by atoms with Crippen LogP contribution >= 0.6 is 11.6 Å². The van der Waals surface area contributed by atoms with Gasteiger partial charge in [0.2, 0.25) is 0 Å². The van der Waals surface area contributed by atoms with Crippen LogP contribution in [0, 0.1) is 6.92 Å². The predicted octanol–water partition coefficient (Wildman–Crippen LogP) is 3.00. The molecule has 6 heteroatoms. The van der Waals surface area contributed by atoms with Crippen LogP contribution in [0.15, 0.2) is 41.2 Å². The van der Waals surface area contributed by atoms with Crippen LogP contribution in [0.25, 0.3) is 5.69 Å². The van der Waals surface area contributed by atoms with Crippen LogP contribution in [0.3, 0.4) is 0 Å². The maximum atomic E-state index is 5.72. The molecule has 5 nitrogen and oxygen atoms in total. The van der Waals surface area contributed by atoms with Crippen molar-refractivity contribution in [3.8, 4) is 5.69 Å². The summed E-state index contributed by atoms with van der Waals surface area (Å²) in [6.45, 7) is 2.06. The molecule has 0 aliphatic heterocycles. The number of hydrogen-bond donors (Lipinski definition) is 0. The molecule has 0 saturated carbocycles. The second-order valence-electron chi connectivity index (χ2n) is 4.54. The number of rotatable bonds is 4. The lowest BCUT2D eigenvalue weighted by molar-refractivity contribution is 0.382. The van der Waals surface area contributed by atoms with Crippen LogP contribution in [0.1, 0.15) is 17.1 Å². The molecule has 3 rings (SSSR count). The zero-order valence-electron chi connectivity index (χ0n) is 11.0. The van der Waals surface area contributed by atoms with E-state index in [9.17, 15) is 0 Å². The van der Waals surface area contributed by atoms with E-state index in [1.54, 1.807) is 12.4 Å². The Morgan fingerprint density at radius 2 is 2.00 bits per heavy atom. The second-order valence-corrected chi connectivity index (χ2v) is 4.93. The van der Waals surface area contributed by atoms with Gasteiger partial charge in [-0.3, -0.25) is 0 Å². The Balaban J connectivity index is 1.78. The fraction of sp³-hybridized carbons (Fsp3) is 0.214. The molecule has 0 bridgehead atoms. The Bertz CT molecular complexity index is 702. The molecule has 1 aromatic carbocycles. The minimum atomic E-state index is 0.375. The number of halogens is 1. The Labute approximate surface area is 121 Å². The van der Waals surface area contributed by atoms with Gasteiger partial charge in [-0.15, -0.1) is 0 Å². The molecule has 2 heterocycles. The lowest BCUT2D eigenvalue weighted by Gasteiger charge is -2.05. The average Bonchev–Trinajstić information content (AvgIpc) is 3.06. The van der Waals surface area contributed by atoms with Crippen LogP contribution in [0.5, 0.6) is 0 Å². The van der Waals surface area contributed by atoms with Gasteiger partial charge in [-0.2, -0.15) is 5.10 Å². The van der Waals surface area contributed by atoms with Crippen molar-refractivity contribution in [2.45, 2.75) is 19.8 Å². The third-order valence-corrected chi connectivity index (χ3v) is 3.20. The molecule has 0 aliphatic carbocycles. The first-order chi connectivity index (χ1) is 9.72. The molecule has 3 aromatic rings. The summed E-state index contributed by atoms with van der Waals surface area (Å²) in [5.41, 5.74) is 2.21. The highest BCUT2D eigenvalue weighted by molar-refractivity contribution is 6.29. The van der Waals surface area contributed by atoms with Crippen molar-refractivity contribution in [3.05, 3.63) is 59.0 Å². The van der Waals surface area contributed by atoms with E-state index < -0.39 is 0 Å². The summed E-state index contributed by atoms with van der Waals surface area (Å²) in [5, 5.41) is 8.30. The molecule has 0 fully saturated rings. The summed E-state index contributed by atoms with van der Waals surface area (Å²) in [6, 6.07) is 9.87. The van der Waals surface area contributed by atoms with Crippen molar-refractivity contribution in [2.24, 2.45) is 0 Å². The quantitative estimate of drug-likeness (QED) is 0.740. The first-order valence-corrected chi connectivity index (χ1v) is 6.67. The fourth-order valence-corrected chi connectivity index (χ4v) is 2.13. The van der Waals surface area contributed by atoms with E-state index in [4.69, 9.17) is 16.1 Å². The highest BCUT2D eigenvalue weighted by atomic mass is 35.5. The van der Waals surface area contributed by atoms with E-state index in [-0.39, 0.29) is 0 Å². The summed E-state index contributed by atoms with van der Waals surface area (Å²) in [7, 11) is 0. The normalized spacial score (nSPS) is 10.9. The zero-order chi connectivity index (χ0) is 13.9. The summed E-state index contributed by atoms with van der Waals surface area (Å²) >= 11 is 5.72. The number of aromatic nitrogens is 4. The van der Waals surface area contributed by atoms with Crippen molar-refractivity contribution < 1.29 is 4.52 Å². The topological polar surface area (TPSA) is 56.7 Å². The van der Waals surface area contributed by atoms with Crippen LogP contribution in [-0.4, -0.2) is 19.9 Å². The number of aryl methyl sites for hydroxylation is 3. The lowest BCUT2D eigenvalue weighted by atomic mass is 10.2. The van der Waals surface area contributed by atoms with E-state index in [0.717, 1.165) is 17.3 Å². The van der Waals surface area contributed by atoms with Gasteiger partial charge in [0.15, 0.2) is 5.15 Å². The van der Waals surface area contributed by atoms with Gasteiger partial charge in [-0.05, 0) is 19.1 Å². The van der Waals surface area contributed by atoms with Crippen molar-refractivity contribution in [1.82, 2.24) is 19.9 Å². The zero-order valence-corrected chi connectivity index (χ0v) is 11.7. The Kier molecular flexibility index (Phi) is 3.52. The lowest BCUT2D eigenvalue weighted by Crippen LogP contribution is -2.04. The highest BCUT2D eigenvalue weighted by Gasteiger charge is 2.09. The molecular weight excluding hydrogens is 276 g/mol. The van der Waals surface area contributed by atoms with Crippen LogP contribution in [-0.2, 0) is 12.8 Å². The maximum absolute atomic E-state index is 5.72. The summed E-state index contributed by atoms with van der Waals surface area (Å²) in [6.07, 6.45) is 2.95. The van der Waals surface area contributed by atoms with Gasteiger partial charge in [0.25, 0.3) is 0 Å². The minimum Gasteiger partial charge on any atom is -0.360 e. The smallest absolute Gasteiger partial charge is 0.172 e. The van der Waals surface area contributed by atoms with E-state index in [0.29, 0.717) is 18.0 Å². The molecule has 20 heavy (non-hydrogen) atoms. The SMILES string of the molecule is Cc1ccc(-n2ncnc2CCc2cc(Cl)no2)cc1. The second kappa shape index (κ2) is 5.46. The van der Waals surface area contributed by atoms with Crippen LogP contribution < -0.4 is 0 Å². The van der Waals surface area contributed by atoms with Gasteiger partial charge in [0, 0.05) is 18.9 Å². The molecular formula is C14H13ClN4O. The molecule has 0 aliphatic rings. The number of hydrogen-bond acceptors (Lipinski definition) is 4. The maximum Gasteiger partial charge on any atom is 0.172 e. The predicted molar refractivity (Wildman–Crippen MR) is 75.0 cm³/mol. The number of nitrogens with zero attached hydrogens (tertiary/aromatic N) is 4. The van der Waals surface area contributed by atoms with Crippen molar-refractivity contribution >= 4 is 11.6 Å². The third kappa shape index (κ3) is 2.72. The molecule has 0 N–H and O–H groups in total. The van der Waals surface area contributed by atoms with Gasteiger partial charge >= 0.3 is 0 Å². The van der Waals surface area contributed by atoms with Gasteiger partial charge in [0.1, 0.15) is 17.9 Å². The van der Waals surface area contributed by atoms with Crippen LogP contribution in [0.2, 0.25) is 5.15 Å². The first-order valence-electron chi connectivity index (χ1n) is 6.29. The van der Waals surface area contributed by atoms with E-state index >= 15 is 0 Å². The Morgan fingerprint density at radius 3 is 2.70 bits per heavy atom. The van der Waals surface area contributed by atoms with Crippen molar-refractivity contribution in [3.63, 3.8) is 0 Å². The van der Waals surface area contributed by atoms with Gasteiger partial charge in [-0.25, -0.2) is 9.67 Å².